The minimum Gasteiger partial charge on any atom is -0.462 e. The fourth-order valence-electron chi connectivity index (χ4n) is 8.72. The van der Waals surface area contributed by atoms with Crippen LogP contribution in [-0.2, 0) is 14.3 Å². The van der Waals surface area contributed by atoms with Gasteiger partial charge in [0.2, 0.25) is 5.91 Å². The third-order valence-electron chi connectivity index (χ3n) is 13.0. The number of nitrogens with one attached hydrogen (secondary N) is 1. The summed E-state index contributed by atoms with van der Waals surface area (Å²) in [4.78, 5) is 26.2. The molecule has 0 heterocycles. The van der Waals surface area contributed by atoms with Gasteiger partial charge in [0.1, 0.15) is 6.10 Å². The molecule has 0 rings (SSSR count). The Kier molecular flexibility index (Phi) is 50.0. The summed E-state index contributed by atoms with van der Waals surface area (Å²) in [6.07, 6.45) is 59.6. The topological polar surface area (TPSA) is 95.9 Å². The van der Waals surface area contributed by atoms with Crippen LogP contribution >= 0.6 is 0 Å². The van der Waals surface area contributed by atoms with E-state index in [0.717, 1.165) is 64.2 Å². The summed E-state index contributed by atoms with van der Waals surface area (Å²) in [6.45, 7) is 6.50. The molecule has 0 radical (unpaired) electrons. The van der Waals surface area contributed by atoms with Crippen LogP contribution in [-0.4, -0.2) is 46.9 Å². The van der Waals surface area contributed by atoms with Crippen molar-refractivity contribution >= 4 is 11.9 Å². The molecule has 372 valence electrons. The molecular formula is C57H109NO5. The van der Waals surface area contributed by atoms with Gasteiger partial charge in [0.15, 0.2) is 0 Å². The molecular weight excluding hydrogens is 779 g/mol. The van der Waals surface area contributed by atoms with Gasteiger partial charge in [0.25, 0.3) is 0 Å². The van der Waals surface area contributed by atoms with E-state index in [9.17, 15) is 19.8 Å². The zero-order valence-electron chi connectivity index (χ0n) is 42.5. The molecule has 0 aliphatic rings. The summed E-state index contributed by atoms with van der Waals surface area (Å²) in [5.41, 5.74) is 0. The molecule has 63 heavy (non-hydrogen) atoms. The van der Waals surface area contributed by atoms with Gasteiger partial charge in [-0.1, -0.05) is 238 Å². The number of hydrogen-bond acceptors (Lipinski definition) is 5. The first kappa shape index (κ1) is 61.3. The number of carbonyl (C=O) groups excluding carboxylic acids is 2. The number of aliphatic hydroxyl groups is 2. The van der Waals surface area contributed by atoms with Crippen LogP contribution in [0.15, 0.2) is 24.3 Å². The van der Waals surface area contributed by atoms with Gasteiger partial charge in [-0.25, -0.2) is 0 Å². The second-order valence-corrected chi connectivity index (χ2v) is 19.3. The Morgan fingerprint density at radius 3 is 1.14 bits per heavy atom. The summed E-state index contributed by atoms with van der Waals surface area (Å²) in [7, 11) is 0. The quantitative estimate of drug-likeness (QED) is 0.0321. The highest BCUT2D eigenvalue weighted by Gasteiger charge is 2.24. The molecule has 0 aromatic carbocycles. The first-order valence-electron chi connectivity index (χ1n) is 28.1. The number of amides is 1. The fraction of sp³-hybridized carbons (Fsp3) is 0.895. The lowest BCUT2D eigenvalue weighted by Crippen LogP contribution is -2.46. The van der Waals surface area contributed by atoms with Crippen molar-refractivity contribution in [3.05, 3.63) is 24.3 Å². The number of allylic oxidation sites excluding steroid dienone is 4. The lowest BCUT2D eigenvalue weighted by atomic mass is 10.0. The molecule has 0 saturated carbocycles. The number of rotatable bonds is 51. The van der Waals surface area contributed by atoms with E-state index in [1.807, 2.05) is 0 Å². The van der Waals surface area contributed by atoms with Gasteiger partial charge in [-0.2, -0.15) is 0 Å². The molecule has 1 amide bonds. The third-order valence-corrected chi connectivity index (χ3v) is 13.0. The largest absolute Gasteiger partial charge is 0.462 e. The minimum atomic E-state index is -0.791. The van der Waals surface area contributed by atoms with Crippen molar-refractivity contribution in [3.63, 3.8) is 0 Å². The Morgan fingerprint density at radius 1 is 0.444 bits per heavy atom. The molecule has 3 atom stereocenters. The highest BCUT2D eigenvalue weighted by atomic mass is 16.5. The van der Waals surface area contributed by atoms with Crippen molar-refractivity contribution in [3.8, 4) is 0 Å². The smallest absolute Gasteiger partial charge is 0.306 e. The summed E-state index contributed by atoms with van der Waals surface area (Å²) >= 11 is 0. The van der Waals surface area contributed by atoms with Crippen molar-refractivity contribution in [2.45, 2.75) is 322 Å². The Bertz CT molecular complexity index is 997. The molecule has 3 unspecified atom stereocenters. The molecule has 0 aliphatic carbocycles. The maximum Gasteiger partial charge on any atom is 0.306 e. The van der Waals surface area contributed by atoms with Crippen LogP contribution in [0.4, 0.5) is 0 Å². The molecule has 0 spiro atoms. The highest BCUT2D eigenvalue weighted by molar-refractivity contribution is 5.77. The maximum absolute atomic E-state index is 13.2. The average Bonchev–Trinajstić information content (AvgIpc) is 3.28. The van der Waals surface area contributed by atoms with Gasteiger partial charge in [-0.15, -0.1) is 0 Å². The van der Waals surface area contributed by atoms with Crippen molar-refractivity contribution in [1.29, 1.82) is 0 Å². The Hall–Kier alpha value is -1.66. The van der Waals surface area contributed by atoms with Crippen LogP contribution < -0.4 is 5.32 Å². The number of aliphatic hydroxyl groups excluding tert-OH is 2. The Labute approximate surface area is 392 Å². The van der Waals surface area contributed by atoms with E-state index in [4.69, 9.17) is 4.74 Å². The molecule has 0 aromatic heterocycles. The lowest BCUT2D eigenvalue weighted by Gasteiger charge is -2.24. The number of unbranched alkanes of at least 4 members (excludes halogenated alkanes) is 35. The summed E-state index contributed by atoms with van der Waals surface area (Å²) in [6, 6.07) is -0.706. The van der Waals surface area contributed by atoms with E-state index >= 15 is 0 Å². The average molecular weight is 889 g/mol. The number of ether oxygens (including phenoxy) is 1. The van der Waals surface area contributed by atoms with Crippen molar-refractivity contribution in [2.75, 3.05) is 6.61 Å². The van der Waals surface area contributed by atoms with Gasteiger partial charge in [-0.05, 0) is 77.0 Å². The zero-order valence-corrected chi connectivity index (χ0v) is 42.5. The molecule has 0 aromatic rings. The highest BCUT2D eigenvalue weighted by Crippen LogP contribution is 2.18. The predicted octanol–water partition coefficient (Wildman–Crippen LogP) is 17.1. The molecule has 6 nitrogen and oxygen atoms in total. The fourth-order valence-corrected chi connectivity index (χ4v) is 8.72. The van der Waals surface area contributed by atoms with E-state index in [0.29, 0.717) is 19.3 Å². The Balaban J connectivity index is 4.57. The summed E-state index contributed by atoms with van der Waals surface area (Å²) in [5, 5.41) is 23.8. The summed E-state index contributed by atoms with van der Waals surface area (Å²) in [5.74, 6) is -0.493. The molecule has 6 heteroatoms. The van der Waals surface area contributed by atoms with Crippen LogP contribution in [0.2, 0.25) is 0 Å². The van der Waals surface area contributed by atoms with Crippen LogP contribution in [0, 0.1) is 0 Å². The van der Waals surface area contributed by atoms with E-state index in [1.165, 1.54) is 193 Å². The van der Waals surface area contributed by atoms with Crippen LogP contribution in [0.25, 0.3) is 0 Å². The van der Waals surface area contributed by atoms with E-state index in [-0.39, 0.29) is 24.9 Å². The first-order valence-corrected chi connectivity index (χ1v) is 28.1. The van der Waals surface area contributed by atoms with Gasteiger partial charge in [0.05, 0.1) is 25.2 Å². The van der Waals surface area contributed by atoms with Crippen LogP contribution in [0.3, 0.4) is 0 Å². The van der Waals surface area contributed by atoms with E-state index < -0.39 is 18.2 Å². The third kappa shape index (κ3) is 46.7. The van der Waals surface area contributed by atoms with Gasteiger partial charge < -0.3 is 20.3 Å². The van der Waals surface area contributed by atoms with Crippen LogP contribution in [0.1, 0.15) is 303 Å². The molecule has 0 bridgehead atoms. The van der Waals surface area contributed by atoms with Gasteiger partial charge in [-0.3, -0.25) is 9.59 Å². The van der Waals surface area contributed by atoms with E-state index in [2.05, 4.69) is 50.4 Å². The van der Waals surface area contributed by atoms with Crippen LogP contribution in [0.5, 0.6) is 0 Å². The minimum absolute atomic E-state index is 0.0654. The van der Waals surface area contributed by atoms with Crippen molar-refractivity contribution in [2.24, 2.45) is 0 Å². The number of esters is 1. The normalized spacial score (nSPS) is 13.3. The first-order chi connectivity index (χ1) is 31.0. The maximum atomic E-state index is 13.2. The SMILES string of the molecule is CCCCCCCC/C=C\CCCCCC(=O)OC(CCCCC/C=C/CCCCCCCCCCC)CC(=O)NC(CO)C(O)CCCCCCCCCCCCCCCCC. The number of hydrogen-bond donors (Lipinski definition) is 3. The summed E-state index contributed by atoms with van der Waals surface area (Å²) < 4.78 is 5.94. The monoisotopic (exact) mass is 888 g/mol. The van der Waals surface area contributed by atoms with Gasteiger partial charge >= 0.3 is 5.97 Å². The number of carbonyl (C=O) groups is 2. The second kappa shape index (κ2) is 51.3. The molecule has 3 N–H and O–H groups in total. The van der Waals surface area contributed by atoms with E-state index in [1.54, 1.807) is 0 Å². The zero-order chi connectivity index (χ0) is 45.9. The molecule has 0 saturated heterocycles. The standard InChI is InChI=1S/C57H109NO5/c1-4-7-10-13-16-19-22-25-27-29-31-33-36-39-42-45-48-53(63-57(62)50-47-44-41-38-35-30-24-21-18-15-12-9-6-3)51-56(61)58-54(52-59)55(60)49-46-43-40-37-34-32-28-26-23-20-17-14-11-8-5-2/h30-31,33,35,53-55,59-60H,4-29,32,34,36-52H2,1-3H3,(H,58,61)/b33-31+,35-30-. The van der Waals surface area contributed by atoms with Gasteiger partial charge in [0, 0.05) is 6.42 Å². The second-order valence-electron chi connectivity index (χ2n) is 19.3. The molecule has 0 aliphatic heterocycles. The lowest BCUT2D eigenvalue weighted by molar-refractivity contribution is -0.151. The predicted molar refractivity (Wildman–Crippen MR) is 273 cm³/mol. The molecule has 0 fully saturated rings. The van der Waals surface area contributed by atoms with Crippen molar-refractivity contribution < 1.29 is 24.5 Å². The Morgan fingerprint density at radius 2 is 0.762 bits per heavy atom. The van der Waals surface area contributed by atoms with Crippen molar-refractivity contribution in [1.82, 2.24) is 5.32 Å².